The van der Waals surface area contributed by atoms with Gasteiger partial charge in [-0.25, -0.2) is 0 Å². The summed E-state index contributed by atoms with van der Waals surface area (Å²) in [5, 5.41) is 17.8. The molecule has 0 radical (unpaired) electrons. The molecule has 12 heavy (non-hydrogen) atoms. The Hall–Kier alpha value is -0.350. The smallest absolute Gasteiger partial charge is 1.00 e. The number of rotatable bonds is 2. The molecule has 0 fully saturated rings. The molecule has 3 nitrogen and oxygen atoms in total. The van der Waals surface area contributed by atoms with E-state index >= 15 is 0 Å². The van der Waals surface area contributed by atoms with Crippen molar-refractivity contribution in [2.75, 3.05) is 0 Å². The summed E-state index contributed by atoms with van der Waals surface area (Å²) in [6.07, 6.45) is -0.651. The number of aliphatic hydroxyl groups excluding tert-OH is 1. The number of phenols is 1. The Kier molecular flexibility index (Phi) is 5.17. The van der Waals surface area contributed by atoms with Gasteiger partial charge in [-0.1, -0.05) is 12.1 Å². The number of carbonyl (C=O) groups is 1. The zero-order valence-corrected chi connectivity index (χ0v) is 8.77. The first kappa shape index (κ1) is 11.6. The molecular formula is C8H9NaO3. The van der Waals surface area contributed by atoms with Crippen molar-refractivity contribution in [3.8, 4) is 5.75 Å². The van der Waals surface area contributed by atoms with Crippen molar-refractivity contribution in [1.82, 2.24) is 0 Å². The quantitative estimate of drug-likeness (QED) is 0.395. The van der Waals surface area contributed by atoms with Crippen LogP contribution in [0.3, 0.4) is 0 Å². The van der Waals surface area contributed by atoms with Gasteiger partial charge in [-0.15, -0.1) is 0 Å². The molecule has 1 rings (SSSR count). The van der Waals surface area contributed by atoms with E-state index in [9.17, 15) is 4.79 Å². The number of phenolic OH excluding ortho intramolecular Hbond substituents is 1. The Labute approximate surface area is 93.8 Å². The molecule has 1 unspecified atom stereocenters. The van der Waals surface area contributed by atoms with Gasteiger partial charge in [0.15, 0.2) is 6.29 Å². The van der Waals surface area contributed by atoms with Crippen molar-refractivity contribution in [2.24, 2.45) is 0 Å². The molecule has 0 amide bonds. The first-order chi connectivity index (χ1) is 5.24. The molecule has 0 heterocycles. The number of carbonyl (C=O) groups excluding carboxylic acids is 1. The summed E-state index contributed by atoms with van der Waals surface area (Å²) in [7, 11) is 0. The molecule has 0 aliphatic heterocycles. The maximum absolute atomic E-state index is 10.1. The number of aromatic hydroxyl groups is 1. The standard InChI is InChI=1S/C8H8O3.Na.H/c9-5-8(11)6-1-3-7(10)4-2-6;;/h1-5,8,10-11H;;/q;+1;-1. The average molecular weight is 176 g/mol. The molecule has 60 valence electrons. The fraction of sp³-hybridized carbons (Fsp3) is 0.125. The van der Waals surface area contributed by atoms with Crippen molar-refractivity contribution in [3.63, 3.8) is 0 Å². The summed E-state index contributed by atoms with van der Waals surface area (Å²) in [6.45, 7) is 0. The van der Waals surface area contributed by atoms with E-state index in [0.717, 1.165) is 0 Å². The Morgan fingerprint density at radius 1 is 1.33 bits per heavy atom. The third kappa shape index (κ3) is 2.95. The molecule has 1 aromatic carbocycles. The molecule has 0 aromatic heterocycles. The number of benzene rings is 1. The van der Waals surface area contributed by atoms with Crippen molar-refractivity contribution in [3.05, 3.63) is 29.8 Å². The first-order valence-corrected chi connectivity index (χ1v) is 3.16. The van der Waals surface area contributed by atoms with Crippen molar-refractivity contribution in [2.45, 2.75) is 6.10 Å². The predicted octanol–water partition coefficient (Wildman–Crippen LogP) is -2.26. The van der Waals surface area contributed by atoms with Gasteiger partial charge in [-0.05, 0) is 17.7 Å². The van der Waals surface area contributed by atoms with Gasteiger partial charge in [-0.2, -0.15) is 0 Å². The molecular weight excluding hydrogens is 167 g/mol. The minimum absolute atomic E-state index is 0. The zero-order chi connectivity index (χ0) is 8.27. The molecule has 2 N–H and O–H groups in total. The van der Waals surface area contributed by atoms with Crippen LogP contribution in [0.15, 0.2) is 24.3 Å². The number of aliphatic hydroxyl groups is 1. The molecule has 0 bridgehead atoms. The van der Waals surface area contributed by atoms with E-state index < -0.39 is 6.10 Å². The average Bonchev–Trinajstić information content (AvgIpc) is 2.05. The van der Waals surface area contributed by atoms with Crippen LogP contribution in [0.2, 0.25) is 0 Å². The summed E-state index contributed by atoms with van der Waals surface area (Å²) in [4.78, 5) is 10.1. The zero-order valence-electron chi connectivity index (χ0n) is 7.77. The third-order valence-corrected chi connectivity index (χ3v) is 1.36. The van der Waals surface area contributed by atoms with E-state index in [2.05, 4.69) is 0 Å². The second kappa shape index (κ2) is 5.32. The largest absolute Gasteiger partial charge is 1.00 e. The molecule has 0 spiro atoms. The van der Waals surface area contributed by atoms with Crippen LogP contribution in [0, 0.1) is 0 Å². The number of aldehydes is 1. The fourth-order valence-electron chi connectivity index (χ4n) is 0.750. The van der Waals surface area contributed by atoms with E-state index in [-0.39, 0.29) is 36.7 Å². The Morgan fingerprint density at radius 2 is 1.83 bits per heavy atom. The van der Waals surface area contributed by atoms with Gasteiger partial charge in [0.05, 0.1) is 0 Å². The normalized spacial score (nSPS) is 11.4. The van der Waals surface area contributed by atoms with Gasteiger partial charge in [-0.3, -0.25) is 0 Å². The second-order valence-corrected chi connectivity index (χ2v) is 2.17. The van der Waals surface area contributed by atoms with Crippen LogP contribution in [0.5, 0.6) is 5.75 Å². The van der Waals surface area contributed by atoms with E-state index in [1.54, 1.807) is 0 Å². The van der Waals surface area contributed by atoms with Crippen LogP contribution in [-0.4, -0.2) is 16.5 Å². The van der Waals surface area contributed by atoms with Crippen LogP contribution < -0.4 is 29.6 Å². The maximum atomic E-state index is 10.1. The first-order valence-electron chi connectivity index (χ1n) is 3.16. The molecule has 0 saturated carbocycles. The number of hydrogen-bond donors (Lipinski definition) is 2. The van der Waals surface area contributed by atoms with Gasteiger partial charge in [0.2, 0.25) is 0 Å². The summed E-state index contributed by atoms with van der Waals surface area (Å²) in [6, 6.07) is 5.83. The van der Waals surface area contributed by atoms with E-state index in [0.29, 0.717) is 11.8 Å². The Balaban J connectivity index is 0. The van der Waals surface area contributed by atoms with Crippen LogP contribution in [0.1, 0.15) is 13.1 Å². The summed E-state index contributed by atoms with van der Waals surface area (Å²) >= 11 is 0. The van der Waals surface area contributed by atoms with Crippen LogP contribution >= 0.6 is 0 Å². The minimum atomic E-state index is -1.09. The predicted molar refractivity (Wildman–Crippen MR) is 40.2 cm³/mol. The number of hydrogen-bond acceptors (Lipinski definition) is 3. The van der Waals surface area contributed by atoms with E-state index in [4.69, 9.17) is 10.2 Å². The van der Waals surface area contributed by atoms with Gasteiger partial charge in [0.1, 0.15) is 11.9 Å². The molecule has 0 saturated heterocycles. The fourth-order valence-corrected chi connectivity index (χ4v) is 0.750. The van der Waals surface area contributed by atoms with Crippen LogP contribution in [0.4, 0.5) is 0 Å². The van der Waals surface area contributed by atoms with E-state index in [1.807, 2.05) is 0 Å². The summed E-state index contributed by atoms with van der Waals surface area (Å²) in [5.41, 5.74) is 0.484. The monoisotopic (exact) mass is 176 g/mol. The summed E-state index contributed by atoms with van der Waals surface area (Å²) < 4.78 is 0. The SMILES string of the molecule is O=CC(O)c1ccc(O)cc1.[H-].[Na+]. The molecule has 4 heteroatoms. The van der Waals surface area contributed by atoms with E-state index in [1.165, 1.54) is 24.3 Å². The molecule has 0 aliphatic carbocycles. The van der Waals surface area contributed by atoms with Gasteiger partial charge >= 0.3 is 29.6 Å². The van der Waals surface area contributed by atoms with Crippen molar-refractivity contribution in [1.29, 1.82) is 0 Å². The van der Waals surface area contributed by atoms with Gasteiger partial charge in [0.25, 0.3) is 0 Å². The molecule has 1 aromatic rings. The van der Waals surface area contributed by atoms with Crippen LogP contribution in [0.25, 0.3) is 0 Å². The van der Waals surface area contributed by atoms with Crippen LogP contribution in [-0.2, 0) is 4.79 Å². The molecule has 0 aliphatic rings. The summed E-state index contributed by atoms with van der Waals surface area (Å²) in [5.74, 6) is 0.117. The maximum Gasteiger partial charge on any atom is 1.00 e. The van der Waals surface area contributed by atoms with Gasteiger partial charge < -0.3 is 16.4 Å². The minimum Gasteiger partial charge on any atom is -1.00 e. The Bertz CT molecular complexity index is 250. The van der Waals surface area contributed by atoms with Gasteiger partial charge in [0, 0.05) is 0 Å². The second-order valence-electron chi connectivity index (χ2n) is 2.17. The Morgan fingerprint density at radius 3 is 2.25 bits per heavy atom. The topological polar surface area (TPSA) is 57.5 Å². The van der Waals surface area contributed by atoms with Crippen molar-refractivity contribution < 1.29 is 46.0 Å². The van der Waals surface area contributed by atoms with Crippen molar-refractivity contribution >= 4 is 6.29 Å². The third-order valence-electron chi connectivity index (χ3n) is 1.36. The molecule has 1 atom stereocenters.